The number of phenolic OH excluding ortho intramolecular Hbond substituents is 1. The summed E-state index contributed by atoms with van der Waals surface area (Å²) < 4.78 is 20.2. The van der Waals surface area contributed by atoms with Crippen molar-refractivity contribution in [2.24, 2.45) is 4.40 Å². The molecule has 0 amide bonds. The van der Waals surface area contributed by atoms with E-state index >= 15 is 0 Å². The summed E-state index contributed by atoms with van der Waals surface area (Å²) >= 11 is -1.30. The molecule has 4 nitrogen and oxygen atoms in total. The second-order valence-electron chi connectivity index (χ2n) is 4.53. The van der Waals surface area contributed by atoms with Crippen molar-refractivity contribution >= 4 is 17.6 Å². The van der Waals surface area contributed by atoms with Gasteiger partial charge >= 0.3 is 0 Å². The van der Waals surface area contributed by atoms with Gasteiger partial charge in [0.2, 0.25) is 0 Å². The first kappa shape index (κ1) is 13.9. The van der Waals surface area contributed by atoms with Gasteiger partial charge in [-0.3, -0.25) is 0 Å². The minimum Gasteiger partial charge on any atom is -0.591 e. The van der Waals surface area contributed by atoms with Gasteiger partial charge in [0.15, 0.2) is 11.5 Å². The maximum Gasteiger partial charge on any atom is 0.160 e. The summed E-state index contributed by atoms with van der Waals surface area (Å²) in [6.45, 7) is 5.56. The Morgan fingerprint density at radius 1 is 1.41 bits per heavy atom. The summed E-state index contributed by atoms with van der Waals surface area (Å²) in [4.78, 5) is 0. The topological polar surface area (TPSA) is 64.9 Å². The van der Waals surface area contributed by atoms with E-state index in [9.17, 15) is 9.66 Å². The Hall–Kier alpha value is -1.20. The van der Waals surface area contributed by atoms with E-state index in [4.69, 9.17) is 4.74 Å². The van der Waals surface area contributed by atoms with E-state index in [1.165, 1.54) is 19.4 Å². The van der Waals surface area contributed by atoms with E-state index in [0.717, 1.165) is 0 Å². The molecule has 0 bridgehead atoms. The molecule has 94 valence electrons. The average molecular weight is 255 g/mol. The second-order valence-corrected chi connectivity index (χ2v) is 6.46. The number of benzene rings is 1. The summed E-state index contributed by atoms with van der Waals surface area (Å²) in [5.74, 6) is 0.442. The van der Waals surface area contributed by atoms with Crippen molar-refractivity contribution in [3.05, 3.63) is 23.8 Å². The van der Waals surface area contributed by atoms with Gasteiger partial charge < -0.3 is 14.4 Å². The third-order valence-electron chi connectivity index (χ3n) is 2.02. The fourth-order valence-corrected chi connectivity index (χ4v) is 1.59. The molecule has 0 saturated heterocycles. The molecule has 0 aliphatic heterocycles. The highest BCUT2D eigenvalue weighted by atomic mass is 32.2. The minimum atomic E-state index is -1.30. The Labute approximate surface area is 105 Å². The molecule has 17 heavy (non-hydrogen) atoms. The molecule has 0 fully saturated rings. The lowest BCUT2D eigenvalue weighted by Crippen LogP contribution is -2.25. The van der Waals surface area contributed by atoms with Gasteiger partial charge in [-0.25, -0.2) is 0 Å². The number of ether oxygens (including phenoxy) is 1. The maximum absolute atomic E-state index is 11.7. The van der Waals surface area contributed by atoms with Gasteiger partial charge in [0, 0.05) is 5.56 Å². The first-order chi connectivity index (χ1) is 7.84. The van der Waals surface area contributed by atoms with Crippen LogP contribution in [0, 0.1) is 0 Å². The predicted molar refractivity (Wildman–Crippen MR) is 70.1 cm³/mol. The van der Waals surface area contributed by atoms with Crippen molar-refractivity contribution in [1.82, 2.24) is 0 Å². The van der Waals surface area contributed by atoms with Gasteiger partial charge in [-0.1, -0.05) is 4.40 Å². The molecule has 0 spiro atoms. The van der Waals surface area contributed by atoms with Crippen molar-refractivity contribution in [3.63, 3.8) is 0 Å². The van der Waals surface area contributed by atoms with Crippen LogP contribution in [0.1, 0.15) is 26.3 Å². The number of aromatic hydroxyl groups is 1. The molecule has 0 aliphatic carbocycles. The first-order valence-corrected chi connectivity index (χ1v) is 6.28. The zero-order valence-electron chi connectivity index (χ0n) is 10.4. The van der Waals surface area contributed by atoms with Crippen LogP contribution in [-0.4, -0.2) is 27.7 Å². The Bertz CT molecular complexity index is 413. The zero-order valence-corrected chi connectivity index (χ0v) is 11.2. The first-order valence-electron chi connectivity index (χ1n) is 5.17. The lowest BCUT2D eigenvalue weighted by Gasteiger charge is -2.17. The number of methoxy groups -OCH3 is 1. The van der Waals surface area contributed by atoms with Gasteiger partial charge in [-0.15, -0.1) is 0 Å². The predicted octanol–water partition coefficient (Wildman–Crippen LogP) is 2.28. The standard InChI is InChI=1S/C12H17NO3S/c1-12(2,3)17(15)13-8-9-5-6-11(16-4)10(14)7-9/h5-8,14H,1-4H3/b13-8+. The highest BCUT2D eigenvalue weighted by Gasteiger charge is 2.25. The van der Waals surface area contributed by atoms with Gasteiger partial charge in [-0.2, -0.15) is 0 Å². The smallest absolute Gasteiger partial charge is 0.160 e. The minimum absolute atomic E-state index is 0.0398. The summed E-state index contributed by atoms with van der Waals surface area (Å²) in [5, 5.41) is 9.55. The Balaban J connectivity index is 2.82. The van der Waals surface area contributed by atoms with Crippen LogP contribution in [0.2, 0.25) is 0 Å². The molecule has 1 N–H and O–H groups in total. The maximum atomic E-state index is 11.7. The van der Waals surface area contributed by atoms with E-state index in [0.29, 0.717) is 11.3 Å². The molecule has 1 rings (SSSR count). The molecule has 0 aromatic heterocycles. The molecule has 0 heterocycles. The lowest BCUT2D eigenvalue weighted by molar-refractivity contribution is 0.373. The van der Waals surface area contributed by atoms with E-state index in [1.54, 1.807) is 12.1 Å². The molecular weight excluding hydrogens is 238 g/mol. The Kier molecular flexibility index (Phi) is 4.42. The Morgan fingerprint density at radius 2 is 2.06 bits per heavy atom. The number of hydrogen-bond donors (Lipinski definition) is 1. The van der Waals surface area contributed by atoms with Gasteiger partial charge in [0.1, 0.15) is 16.1 Å². The fourth-order valence-electron chi connectivity index (χ4n) is 1.05. The third kappa shape index (κ3) is 3.94. The van der Waals surface area contributed by atoms with Crippen molar-refractivity contribution in [2.75, 3.05) is 7.11 Å². The SMILES string of the molecule is COc1ccc(/C=N/[S+]([O-])C(C)(C)C)cc1O. The molecule has 1 atom stereocenters. The van der Waals surface area contributed by atoms with Gasteiger partial charge in [0.05, 0.1) is 13.3 Å². The molecule has 5 heteroatoms. The molecular formula is C12H17NO3S. The number of rotatable bonds is 3. The Morgan fingerprint density at radius 3 is 2.53 bits per heavy atom. The molecule has 0 saturated carbocycles. The highest BCUT2D eigenvalue weighted by molar-refractivity contribution is 7.91. The van der Waals surface area contributed by atoms with Gasteiger partial charge in [0.25, 0.3) is 0 Å². The molecule has 1 aromatic carbocycles. The summed E-state index contributed by atoms with van der Waals surface area (Å²) in [6.07, 6.45) is 1.49. The van der Waals surface area contributed by atoms with Crippen molar-refractivity contribution in [1.29, 1.82) is 0 Å². The monoisotopic (exact) mass is 255 g/mol. The van der Waals surface area contributed by atoms with Crippen LogP contribution >= 0.6 is 0 Å². The molecule has 1 unspecified atom stereocenters. The lowest BCUT2D eigenvalue weighted by atomic mass is 10.2. The normalized spacial score (nSPS) is 13.9. The van der Waals surface area contributed by atoms with Gasteiger partial charge in [-0.05, 0) is 39.0 Å². The summed E-state index contributed by atoms with van der Waals surface area (Å²) in [7, 11) is 1.48. The van der Waals surface area contributed by atoms with E-state index < -0.39 is 11.4 Å². The summed E-state index contributed by atoms with van der Waals surface area (Å²) in [5.41, 5.74) is 0.681. The summed E-state index contributed by atoms with van der Waals surface area (Å²) in [6, 6.07) is 4.89. The number of phenols is 1. The average Bonchev–Trinajstić information content (AvgIpc) is 2.24. The van der Waals surface area contributed by atoms with Crippen LogP contribution in [0.15, 0.2) is 22.6 Å². The van der Waals surface area contributed by atoms with Crippen LogP contribution in [-0.2, 0) is 11.4 Å². The number of nitrogens with zero attached hydrogens (tertiary/aromatic N) is 1. The highest BCUT2D eigenvalue weighted by Crippen LogP contribution is 2.25. The van der Waals surface area contributed by atoms with E-state index in [-0.39, 0.29) is 10.5 Å². The van der Waals surface area contributed by atoms with Crippen molar-refractivity contribution in [3.8, 4) is 11.5 Å². The van der Waals surface area contributed by atoms with Crippen LogP contribution in [0.5, 0.6) is 11.5 Å². The largest absolute Gasteiger partial charge is 0.591 e. The van der Waals surface area contributed by atoms with Crippen LogP contribution in [0.25, 0.3) is 0 Å². The second kappa shape index (κ2) is 5.42. The van der Waals surface area contributed by atoms with E-state index in [2.05, 4.69) is 4.40 Å². The van der Waals surface area contributed by atoms with Crippen molar-refractivity contribution < 1.29 is 14.4 Å². The third-order valence-corrected chi connectivity index (χ3v) is 3.37. The van der Waals surface area contributed by atoms with Crippen LogP contribution in [0.4, 0.5) is 0 Å². The molecule has 1 aromatic rings. The molecule has 0 radical (unpaired) electrons. The van der Waals surface area contributed by atoms with Crippen LogP contribution in [0.3, 0.4) is 0 Å². The number of hydrogen-bond acceptors (Lipinski definition) is 4. The van der Waals surface area contributed by atoms with Crippen molar-refractivity contribution in [2.45, 2.75) is 25.5 Å². The van der Waals surface area contributed by atoms with Crippen LogP contribution < -0.4 is 4.74 Å². The quantitative estimate of drug-likeness (QED) is 0.665. The zero-order chi connectivity index (χ0) is 13.1. The fraction of sp³-hybridized carbons (Fsp3) is 0.417. The van der Waals surface area contributed by atoms with E-state index in [1.807, 2.05) is 20.8 Å². The molecule has 0 aliphatic rings.